The molecule has 0 saturated carbocycles. The maximum Gasteiger partial charge on any atom is 0.410 e. The lowest BCUT2D eigenvalue weighted by molar-refractivity contribution is -0.138. The van der Waals surface area contributed by atoms with Gasteiger partial charge in [0.15, 0.2) is 0 Å². The first kappa shape index (κ1) is 40.3. The van der Waals surface area contributed by atoms with Gasteiger partial charge in [-0.25, -0.2) is 9.59 Å². The maximum absolute atomic E-state index is 12.6. The largest absolute Gasteiger partial charge is 0.481 e. The summed E-state index contributed by atoms with van der Waals surface area (Å²) in [6.07, 6.45) is 2.14. The standard InChI is InChI=1S/C28H50N4O12/c1-3-31(4-2)27(39)43-19-17-41-15-16-42-18-20-44-28(40)32(21-23(33)29-13-9-5-7-11-25(35)36)22-24(34)30-14-10-6-8-12-26(37)38/h3-22H2,1-2H3,(H,29,33)(H,30,34)(H,35,36)(H,37,38). The number of hydrogen-bond acceptors (Lipinski definition) is 10. The van der Waals surface area contributed by atoms with Crippen LogP contribution in [0.1, 0.15) is 65.2 Å². The zero-order valence-electron chi connectivity index (χ0n) is 26.0. The number of nitrogens with zero attached hydrogens (tertiary/aromatic N) is 2. The highest BCUT2D eigenvalue weighted by Gasteiger charge is 2.21. The van der Waals surface area contributed by atoms with Crippen molar-refractivity contribution < 1.29 is 57.9 Å². The number of aliphatic carboxylic acids is 2. The third-order valence-corrected chi connectivity index (χ3v) is 6.01. The van der Waals surface area contributed by atoms with Crippen LogP contribution in [0.15, 0.2) is 0 Å². The van der Waals surface area contributed by atoms with Gasteiger partial charge in [-0.2, -0.15) is 0 Å². The van der Waals surface area contributed by atoms with E-state index in [9.17, 15) is 28.8 Å². The number of carbonyl (C=O) groups is 6. The predicted octanol–water partition coefficient (Wildman–Crippen LogP) is 1.46. The van der Waals surface area contributed by atoms with Crippen LogP contribution in [0.5, 0.6) is 0 Å². The Morgan fingerprint density at radius 2 is 0.932 bits per heavy atom. The fourth-order valence-corrected chi connectivity index (χ4v) is 3.62. The first-order valence-corrected chi connectivity index (χ1v) is 15.1. The van der Waals surface area contributed by atoms with E-state index in [-0.39, 0.29) is 65.6 Å². The monoisotopic (exact) mass is 634 g/mol. The van der Waals surface area contributed by atoms with Gasteiger partial charge in [0.2, 0.25) is 11.8 Å². The molecule has 254 valence electrons. The minimum absolute atomic E-state index is 0.0466. The molecule has 0 rings (SSSR count). The van der Waals surface area contributed by atoms with Gasteiger partial charge in [0.1, 0.15) is 26.3 Å². The van der Waals surface area contributed by atoms with Gasteiger partial charge in [-0.3, -0.25) is 24.1 Å². The van der Waals surface area contributed by atoms with E-state index in [1.54, 1.807) is 4.90 Å². The molecule has 4 N–H and O–H groups in total. The Labute approximate surface area is 258 Å². The topological polar surface area (TPSA) is 210 Å². The second kappa shape index (κ2) is 26.9. The molecule has 0 saturated heterocycles. The van der Waals surface area contributed by atoms with Crippen molar-refractivity contribution in [3.8, 4) is 0 Å². The number of carboxylic acid groups (broad SMARTS) is 2. The molecule has 44 heavy (non-hydrogen) atoms. The molecular weight excluding hydrogens is 584 g/mol. The SMILES string of the molecule is CCN(CC)C(=O)OCCOCCOCCOC(=O)N(CC(=O)NCCCCCC(=O)O)CC(=O)NCCCCCC(=O)O. The molecule has 0 atom stereocenters. The molecule has 0 aliphatic rings. The maximum atomic E-state index is 12.6. The van der Waals surface area contributed by atoms with Crippen LogP contribution < -0.4 is 10.6 Å². The van der Waals surface area contributed by atoms with Crippen molar-refractivity contribution in [2.45, 2.75) is 65.2 Å². The van der Waals surface area contributed by atoms with Crippen LogP contribution in [-0.2, 0) is 38.1 Å². The van der Waals surface area contributed by atoms with Gasteiger partial charge in [-0.1, -0.05) is 12.8 Å². The van der Waals surface area contributed by atoms with Crippen molar-refractivity contribution in [1.82, 2.24) is 20.4 Å². The van der Waals surface area contributed by atoms with Crippen molar-refractivity contribution in [2.75, 3.05) is 78.9 Å². The number of ether oxygens (including phenoxy) is 4. The number of rotatable bonds is 27. The normalized spacial score (nSPS) is 10.5. The first-order valence-electron chi connectivity index (χ1n) is 15.1. The number of amides is 4. The van der Waals surface area contributed by atoms with Crippen LogP contribution in [0, 0.1) is 0 Å². The van der Waals surface area contributed by atoms with E-state index in [1.807, 2.05) is 13.8 Å². The average Bonchev–Trinajstić information content (AvgIpc) is 2.97. The Kier molecular flexibility index (Phi) is 24.7. The molecule has 0 aliphatic carbocycles. The fourth-order valence-electron chi connectivity index (χ4n) is 3.62. The van der Waals surface area contributed by atoms with Gasteiger partial charge in [0, 0.05) is 39.0 Å². The van der Waals surface area contributed by atoms with Gasteiger partial charge in [-0.15, -0.1) is 0 Å². The molecular formula is C28H50N4O12. The second-order valence-electron chi connectivity index (χ2n) is 9.59. The number of carboxylic acids is 2. The summed E-state index contributed by atoms with van der Waals surface area (Å²) in [4.78, 5) is 72.8. The smallest absolute Gasteiger partial charge is 0.410 e. The summed E-state index contributed by atoms with van der Waals surface area (Å²) in [6, 6.07) is 0. The molecule has 0 spiro atoms. The molecule has 0 aromatic rings. The summed E-state index contributed by atoms with van der Waals surface area (Å²) < 4.78 is 20.9. The molecule has 0 radical (unpaired) electrons. The van der Waals surface area contributed by atoms with Gasteiger partial charge in [-0.05, 0) is 39.5 Å². The summed E-state index contributed by atoms with van der Waals surface area (Å²) in [5, 5.41) is 22.6. The molecule has 0 heterocycles. The third kappa shape index (κ3) is 23.9. The van der Waals surface area contributed by atoms with E-state index in [0.29, 0.717) is 51.6 Å². The van der Waals surface area contributed by atoms with E-state index in [0.717, 1.165) is 4.90 Å². The number of nitrogens with one attached hydrogen (secondary N) is 2. The van der Waals surface area contributed by atoms with Gasteiger partial charge in [0.05, 0.1) is 26.4 Å². The minimum atomic E-state index is -0.883. The second-order valence-corrected chi connectivity index (χ2v) is 9.59. The quantitative estimate of drug-likeness (QED) is 0.0947. The van der Waals surface area contributed by atoms with Crippen LogP contribution in [0.2, 0.25) is 0 Å². The minimum Gasteiger partial charge on any atom is -0.481 e. The van der Waals surface area contributed by atoms with Crippen molar-refractivity contribution in [2.24, 2.45) is 0 Å². The molecule has 0 aliphatic heterocycles. The van der Waals surface area contributed by atoms with Crippen molar-refractivity contribution >= 4 is 35.9 Å². The fraction of sp³-hybridized carbons (Fsp3) is 0.786. The van der Waals surface area contributed by atoms with E-state index in [4.69, 9.17) is 29.2 Å². The van der Waals surface area contributed by atoms with Crippen LogP contribution >= 0.6 is 0 Å². The third-order valence-electron chi connectivity index (χ3n) is 6.01. The van der Waals surface area contributed by atoms with Crippen LogP contribution in [0.4, 0.5) is 9.59 Å². The number of hydrogen-bond donors (Lipinski definition) is 4. The Bertz CT molecular complexity index is 814. The molecule has 16 heteroatoms. The molecule has 0 aromatic carbocycles. The Hall–Kier alpha value is -3.66. The molecule has 0 bridgehead atoms. The van der Waals surface area contributed by atoms with Crippen molar-refractivity contribution in [3.63, 3.8) is 0 Å². The first-order chi connectivity index (χ1) is 21.1. The Morgan fingerprint density at radius 1 is 0.545 bits per heavy atom. The lowest BCUT2D eigenvalue weighted by Gasteiger charge is -2.21. The van der Waals surface area contributed by atoms with Gasteiger partial charge < -0.3 is 44.7 Å². The summed E-state index contributed by atoms with van der Waals surface area (Å²) in [5.41, 5.74) is 0. The highest BCUT2D eigenvalue weighted by atomic mass is 16.6. The molecule has 0 fully saturated rings. The summed E-state index contributed by atoms with van der Waals surface area (Å²) in [5.74, 6) is -2.77. The molecule has 0 unspecified atom stereocenters. The zero-order valence-corrected chi connectivity index (χ0v) is 26.0. The van der Waals surface area contributed by atoms with Crippen molar-refractivity contribution in [1.29, 1.82) is 0 Å². The number of carbonyl (C=O) groups excluding carboxylic acids is 4. The lowest BCUT2D eigenvalue weighted by atomic mass is 10.2. The van der Waals surface area contributed by atoms with E-state index in [1.165, 1.54) is 0 Å². The lowest BCUT2D eigenvalue weighted by Crippen LogP contribution is -2.46. The molecule has 0 aromatic heterocycles. The Balaban J connectivity index is 4.44. The Morgan fingerprint density at radius 3 is 1.32 bits per heavy atom. The summed E-state index contributed by atoms with van der Waals surface area (Å²) >= 11 is 0. The highest BCUT2D eigenvalue weighted by molar-refractivity contribution is 5.86. The summed E-state index contributed by atoms with van der Waals surface area (Å²) in [6.45, 7) is 5.23. The van der Waals surface area contributed by atoms with Crippen LogP contribution in [0.3, 0.4) is 0 Å². The van der Waals surface area contributed by atoms with Crippen LogP contribution in [0.25, 0.3) is 0 Å². The zero-order chi connectivity index (χ0) is 33.0. The average molecular weight is 635 g/mol. The van der Waals surface area contributed by atoms with Gasteiger partial charge in [0.25, 0.3) is 0 Å². The van der Waals surface area contributed by atoms with E-state index < -0.39 is 49.0 Å². The van der Waals surface area contributed by atoms with Crippen LogP contribution in [-0.4, -0.2) is 135 Å². The molecule has 4 amide bonds. The predicted molar refractivity (Wildman–Crippen MR) is 157 cm³/mol. The van der Waals surface area contributed by atoms with E-state index in [2.05, 4.69) is 10.6 Å². The van der Waals surface area contributed by atoms with E-state index >= 15 is 0 Å². The van der Waals surface area contributed by atoms with Crippen molar-refractivity contribution in [3.05, 3.63) is 0 Å². The molecule has 16 nitrogen and oxygen atoms in total. The summed E-state index contributed by atoms with van der Waals surface area (Å²) in [7, 11) is 0. The highest BCUT2D eigenvalue weighted by Crippen LogP contribution is 2.01. The number of unbranched alkanes of at least 4 members (excludes halogenated alkanes) is 4. The van der Waals surface area contributed by atoms with Gasteiger partial charge >= 0.3 is 24.1 Å².